The van der Waals surface area contributed by atoms with Gasteiger partial charge in [0.05, 0.1) is 4.90 Å². The van der Waals surface area contributed by atoms with Crippen LogP contribution in [0.5, 0.6) is 5.75 Å². The molecule has 2 aliphatic rings. The normalized spacial score (nSPS) is 20.4. The lowest BCUT2D eigenvalue weighted by Crippen LogP contribution is -2.55. The van der Waals surface area contributed by atoms with Gasteiger partial charge in [-0.1, -0.05) is 12.1 Å². The molecule has 8 nitrogen and oxygen atoms in total. The SMILES string of the molecule is Cc1ccc(C(CN2CCN(C(=O)OC(C)(C)C)[C@H](C)C2)Oc2ccc(S(=O)(=O)NC3(C)CC3)cc2)cc1F. The van der Waals surface area contributed by atoms with E-state index in [-0.39, 0.29) is 28.4 Å². The lowest BCUT2D eigenvalue weighted by atomic mass is 10.0. The first-order valence-electron chi connectivity index (χ1n) is 13.4. The molecule has 4 rings (SSSR count). The third kappa shape index (κ3) is 7.70. The zero-order valence-corrected chi connectivity index (χ0v) is 24.5. The van der Waals surface area contributed by atoms with Gasteiger partial charge in [0.25, 0.3) is 0 Å². The summed E-state index contributed by atoms with van der Waals surface area (Å²) < 4.78 is 54.6. The molecule has 214 valence electrons. The van der Waals surface area contributed by atoms with Gasteiger partial charge >= 0.3 is 6.09 Å². The lowest BCUT2D eigenvalue weighted by Gasteiger charge is -2.41. The second kappa shape index (κ2) is 11.1. The van der Waals surface area contributed by atoms with Crippen molar-refractivity contribution in [1.82, 2.24) is 14.5 Å². The molecule has 0 radical (unpaired) electrons. The van der Waals surface area contributed by atoms with Gasteiger partial charge in [-0.2, -0.15) is 0 Å². The first kappa shape index (κ1) is 29.3. The van der Waals surface area contributed by atoms with Gasteiger partial charge in [-0.05, 0) is 95.8 Å². The van der Waals surface area contributed by atoms with E-state index < -0.39 is 21.7 Å². The van der Waals surface area contributed by atoms with E-state index in [1.807, 2.05) is 40.7 Å². The number of hydrogen-bond acceptors (Lipinski definition) is 6. The van der Waals surface area contributed by atoms with E-state index in [0.29, 0.717) is 43.1 Å². The standard InChI is InChI=1S/C29H40FN3O5S/c1-20-7-8-22(17-25(20)30)26(19-32-15-16-33(21(2)18-32)27(34)38-28(3,4)5)37-23-9-11-24(12-10-23)39(35,36)31-29(6)13-14-29/h7-12,17,21,26,31H,13-16,18-19H2,1-6H3/t21-,26?/m1/s1. The predicted molar refractivity (Wildman–Crippen MR) is 148 cm³/mol. The molecule has 0 bridgehead atoms. The fourth-order valence-electron chi connectivity index (χ4n) is 4.58. The van der Waals surface area contributed by atoms with E-state index in [2.05, 4.69) is 9.62 Å². The van der Waals surface area contributed by atoms with Crippen molar-refractivity contribution in [2.24, 2.45) is 0 Å². The number of ether oxygens (including phenoxy) is 2. The third-order valence-corrected chi connectivity index (χ3v) is 8.78. The van der Waals surface area contributed by atoms with Gasteiger partial charge in [0, 0.05) is 37.8 Å². The van der Waals surface area contributed by atoms with Crippen molar-refractivity contribution in [2.45, 2.75) is 82.6 Å². The maximum absolute atomic E-state index is 14.5. The molecule has 1 aliphatic heterocycles. The van der Waals surface area contributed by atoms with Crippen molar-refractivity contribution in [3.63, 3.8) is 0 Å². The summed E-state index contributed by atoms with van der Waals surface area (Å²) in [5, 5.41) is 0. The molecule has 10 heteroatoms. The third-order valence-electron chi connectivity index (χ3n) is 7.12. The fraction of sp³-hybridized carbons (Fsp3) is 0.552. The number of nitrogens with zero attached hydrogens (tertiary/aromatic N) is 2. The van der Waals surface area contributed by atoms with Gasteiger partial charge < -0.3 is 14.4 Å². The Kier molecular flexibility index (Phi) is 8.31. The fourth-order valence-corrected chi connectivity index (χ4v) is 6.04. The summed E-state index contributed by atoms with van der Waals surface area (Å²) in [6.07, 6.45) is 0.814. The molecule has 2 aromatic carbocycles. The average molecular weight is 562 g/mol. The highest BCUT2D eigenvalue weighted by Crippen LogP contribution is 2.36. The summed E-state index contributed by atoms with van der Waals surface area (Å²) in [4.78, 5) is 16.7. The topological polar surface area (TPSA) is 88.2 Å². The van der Waals surface area contributed by atoms with Crippen LogP contribution in [0, 0.1) is 12.7 Å². The Bertz CT molecular complexity index is 1290. The molecule has 1 saturated heterocycles. The highest BCUT2D eigenvalue weighted by Gasteiger charge is 2.41. The van der Waals surface area contributed by atoms with Crippen LogP contribution < -0.4 is 9.46 Å². The van der Waals surface area contributed by atoms with Crippen LogP contribution in [-0.2, 0) is 14.8 Å². The molecule has 1 amide bonds. The van der Waals surface area contributed by atoms with E-state index >= 15 is 0 Å². The van der Waals surface area contributed by atoms with Crippen LogP contribution in [0.4, 0.5) is 9.18 Å². The molecular formula is C29H40FN3O5S. The monoisotopic (exact) mass is 561 g/mol. The number of piperazine rings is 1. The van der Waals surface area contributed by atoms with Crippen LogP contribution in [0.15, 0.2) is 47.4 Å². The summed E-state index contributed by atoms with van der Waals surface area (Å²) in [5.41, 5.74) is 0.298. The molecular weight excluding hydrogens is 521 g/mol. The molecule has 0 aromatic heterocycles. The Hall–Kier alpha value is -2.69. The van der Waals surface area contributed by atoms with Crippen LogP contribution in [-0.4, -0.2) is 67.7 Å². The molecule has 2 atom stereocenters. The Morgan fingerprint density at radius 1 is 1.15 bits per heavy atom. The molecule has 1 unspecified atom stereocenters. The van der Waals surface area contributed by atoms with Crippen molar-refractivity contribution in [3.8, 4) is 5.75 Å². The largest absolute Gasteiger partial charge is 0.484 e. The van der Waals surface area contributed by atoms with Crippen LogP contribution in [0.2, 0.25) is 0 Å². The number of rotatable bonds is 8. The van der Waals surface area contributed by atoms with Gasteiger partial charge in [0.1, 0.15) is 23.3 Å². The molecule has 1 heterocycles. The molecule has 2 aromatic rings. The van der Waals surface area contributed by atoms with Crippen molar-refractivity contribution in [1.29, 1.82) is 0 Å². The highest BCUT2D eigenvalue weighted by atomic mass is 32.2. The van der Waals surface area contributed by atoms with Crippen LogP contribution in [0.25, 0.3) is 0 Å². The molecule has 1 saturated carbocycles. The van der Waals surface area contributed by atoms with E-state index in [0.717, 1.165) is 12.8 Å². The van der Waals surface area contributed by atoms with E-state index in [9.17, 15) is 17.6 Å². The summed E-state index contributed by atoms with van der Waals surface area (Å²) in [6, 6.07) is 11.3. The first-order valence-corrected chi connectivity index (χ1v) is 14.9. The van der Waals surface area contributed by atoms with Gasteiger partial charge in [-0.25, -0.2) is 22.3 Å². The number of hydrogen-bond donors (Lipinski definition) is 1. The number of benzene rings is 2. The van der Waals surface area contributed by atoms with Gasteiger partial charge in [-0.15, -0.1) is 0 Å². The highest BCUT2D eigenvalue weighted by molar-refractivity contribution is 7.89. The molecule has 2 fully saturated rings. The molecule has 1 aliphatic carbocycles. The van der Waals surface area contributed by atoms with Crippen LogP contribution in [0.1, 0.15) is 64.7 Å². The molecule has 39 heavy (non-hydrogen) atoms. The minimum Gasteiger partial charge on any atom is -0.484 e. The van der Waals surface area contributed by atoms with E-state index in [4.69, 9.17) is 9.47 Å². The lowest BCUT2D eigenvalue weighted by molar-refractivity contribution is -0.00299. The Balaban J connectivity index is 1.48. The number of nitrogens with one attached hydrogen (secondary N) is 1. The van der Waals surface area contributed by atoms with Crippen LogP contribution in [0.3, 0.4) is 0 Å². The Labute approximate surface area is 231 Å². The minimum absolute atomic E-state index is 0.0747. The zero-order valence-electron chi connectivity index (χ0n) is 23.7. The van der Waals surface area contributed by atoms with Gasteiger partial charge in [-0.3, -0.25) is 4.90 Å². The Morgan fingerprint density at radius 3 is 2.38 bits per heavy atom. The number of carbonyl (C=O) groups is 1. The minimum atomic E-state index is -3.62. The second-order valence-electron chi connectivity index (χ2n) is 12.0. The number of sulfonamides is 1. The van der Waals surface area contributed by atoms with Crippen molar-refractivity contribution in [3.05, 3.63) is 59.4 Å². The summed E-state index contributed by atoms with van der Waals surface area (Å²) in [5.74, 6) is 0.170. The second-order valence-corrected chi connectivity index (χ2v) is 13.7. The number of aryl methyl sites for hydroxylation is 1. The van der Waals surface area contributed by atoms with Crippen molar-refractivity contribution >= 4 is 16.1 Å². The smallest absolute Gasteiger partial charge is 0.410 e. The summed E-state index contributed by atoms with van der Waals surface area (Å²) >= 11 is 0. The van der Waals surface area contributed by atoms with Crippen LogP contribution >= 0.6 is 0 Å². The van der Waals surface area contributed by atoms with E-state index in [1.165, 1.54) is 18.2 Å². The Morgan fingerprint density at radius 2 is 1.82 bits per heavy atom. The summed E-state index contributed by atoms with van der Waals surface area (Å²) in [7, 11) is -3.62. The zero-order chi connectivity index (χ0) is 28.6. The molecule has 1 N–H and O–H groups in total. The number of amides is 1. The first-order chi connectivity index (χ1) is 18.1. The average Bonchev–Trinajstić information content (AvgIpc) is 3.55. The number of halogens is 1. The van der Waals surface area contributed by atoms with Gasteiger partial charge in [0.2, 0.25) is 10.0 Å². The van der Waals surface area contributed by atoms with Gasteiger partial charge in [0.15, 0.2) is 0 Å². The quantitative estimate of drug-likeness (QED) is 0.487. The maximum Gasteiger partial charge on any atom is 0.410 e. The van der Waals surface area contributed by atoms with Crippen molar-refractivity contribution in [2.75, 3.05) is 26.2 Å². The summed E-state index contributed by atoms with van der Waals surface area (Å²) in [6.45, 7) is 13.3. The van der Waals surface area contributed by atoms with E-state index in [1.54, 1.807) is 30.0 Å². The maximum atomic E-state index is 14.5. The molecule has 0 spiro atoms. The van der Waals surface area contributed by atoms with Crippen molar-refractivity contribution < 1.29 is 27.1 Å². The predicted octanol–water partition coefficient (Wildman–Crippen LogP) is 5.03. The number of carbonyl (C=O) groups excluding carboxylic acids is 1.